The highest BCUT2D eigenvalue weighted by atomic mass is 19.1. The lowest BCUT2D eigenvalue weighted by molar-refractivity contribution is 0.407. The average molecular weight is 283 g/mol. The number of benzene rings is 2. The number of hydrogen-bond donors (Lipinski definition) is 1. The molecule has 0 saturated heterocycles. The van der Waals surface area contributed by atoms with E-state index in [4.69, 9.17) is 0 Å². The topological polar surface area (TPSA) is 12.0 Å². The van der Waals surface area contributed by atoms with Gasteiger partial charge in [-0.3, -0.25) is 0 Å². The van der Waals surface area contributed by atoms with Crippen LogP contribution in [-0.4, -0.2) is 6.04 Å². The second-order valence-electron chi connectivity index (χ2n) is 6.05. The molecule has 2 aromatic rings. The summed E-state index contributed by atoms with van der Waals surface area (Å²) in [5.41, 5.74) is 3.97. The molecule has 1 aliphatic carbocycles. The molecule has 110 valence electrons. The van der Waals surface area contributed by atoms with Gasteiger partial charge in [-0.1, -0.05) is 36.4 Å². The molecule has 0 aliphatic heterocycles. The molecule has 2 aromatic carbocycles. The van der Waals surface area contributed by atoms with Gasteiger partial charge in [-0.15, -0.1) is 0 Å². The number of nitrogens with one attached hydrogen (secondary N) is 1. The summed E-state index contributed by atoms with van der Waals surface area (Å²) in [6.07, 6.45) is 4.47. The molecule has 21 heavy (non-hydrogen) atoms. The van der Waals surface area contributed by atoms with Gasteiger partial charge in [0.1, 0.15) is 5.82 Å². The fraction of sp³-hybridized carbons (Fsp3) is 0.368. The van der Waals surface area contributed by atoms with Crippen molar-refractivity contribution < 1.29 is 4.39 Å². The standard InChI is InChI=1S/C19H22FN/c1-14(12-15-6-4-9-17(20)13-15)21-19-11-5-8-16-7-2-3-10-18(16)19/h2-4,6-7,9-10,13-14,19,21H,5,8,11-12H2,1H3. The quantitative estimate of drug-likeness (QED) is 0.875. The normalized spacial score (nSPS) is 19.0. The highest BCUT2D eigenvalue weighted by molar-refractivity contribution is 5.32. The van der Waals surface area contributed by atoms with Crippen LogP contribution in [0.1, 0.15) is 42.5 Å². The molecular formula is C19H22FN. The van der Waals surface area contributed by atoms with Crippen molar-refractivity contribution in [3.8, 4) is 0 Å². The van der Waals surface area contributed by atoms with E-state index in [9.17, 15) is 4.39 Å². The third-order valence-electron chi connectivity index (χ3n) is 4.29. The Morgan fingerprint density at radius 1 is 1.19 bits per heavy atom. The second kappa shape index (κ2) is 6.40. The molecule has 0 bridgehead atoms. The molecule has 2 heteroatoms. The summed E-state index contributed by atoms with van der Waals surface area (Å²) in [5.74, 6) is -0.150. The maximum absolute atomic E-state index is 13.3. The highest BCUT2D eigenvalue weighted by Crippen LogP contribution is 2.29. The van der Waals surface area contributed by atoms with E-state index in [0.29, 0.717) is 12.1 Å². The molecule has 0 radical (unpaired) electrons. The fourth-order valence-electron chi connectivity index (χ4n) is 3.35. The van der Waals surface area contributed by atoms with Crippen molar-refractivity contribution in [2.45, 2.75) is 44.7 Å². The summed E-state index contributed by atoms with van der Waals surface area (Å²) in [5, 5.41) is 3.72. The Bertz CT molecular complexity index is 608. The summed E-state index contributed by atoms with van der Waals surface area (Å²) in [6.45, 7) is 2.18. The monoisotopic (exact) mass is 283 g/mol. The van der Waals surface area contributed by atoms with Gasteiger partial charge in [0.25, 0.3) is 0 Å². The number of halogens is 1. The lowest BCUT2D eigenvalue weighted by Gasteiger charge is -2.29. The van der Waals surface area contributed by atoms with Crippen LogP contribution in [0.3, 0.4) is 0 Å². The van der Waals surface area contributed by atoms with Gasteiger partial charge in [0.2, 0.25) is 0 Å². The van der Waals surface area contributed by atoms with Crippen molar-refractivity contribution in [1.29, 1.82) is 0 Å². The summed E-state index contributed by atoms with van der Waals surface area (Å²) >= 11 is 0. The van der Waals surface area contributed by atoms with Crippen LogP contribution in [0.5, 0.6) is 0 Å². The van der Waals surface area contributed by atoms with Crippen molar-refractivity contribution in [3.05, 3.63) is 71.0 Å². The first-order valence-electron chi connectivity index (χ1n) is 7.80. The van der Waals surface area contributed by atoms with Crippen LogP contribution in [0.15, 0.2) is 48.5 Å². The Balaban J connectivity index is 1.67. The first-order chi connectivity index (χ1) is 10.2. The number of rotatable bonds is 4. The minimum absolute atomic E-state index is 0.150. The van der Waals surface area contributed by atoms with Crippen LogP contribution in [-0.2, 0) is 12.8 Å². The van der Waals surface area contributed by atoms with Gasteiger partial charge in [0.15, 0.2) is 0 Å². The molecule has 2 unspecified atom stereocenters. The van der Waals surface area contributed by atoms with Crippen molar-refractivity contribution in [1.82, 2.24) is 5.32 Å². The molecule has 2 atom stereocenters. The first kappa shape index (κ1) is 14.3. The van der Waals surface area contributed by atoms with E-state index in [-0.39, 0.29) is 5.82 Å². The Hall–Kier alpha value is -1.67. The Morgan fingerprint density at radius 3 is 2.90 bits per heavy atom. The van der Waals surface area contributed by atoms with Crippen LogP contribution < -0.4 is 5.32 Å². The average Bonchev–Trinajstić information content (AvgIpc) is 2.47. The SMILES string of the molecule is CC(Cc1cccc(F)c1)NC1CCCc2ccccc21. The number of aryl methyl sites for hydroxylation is 1. The van der Waals surface area contributed by atoms with Crippen molar-refractivity contribution in [2.75, 3.05) is 0 Å². The largest absolute Gasteiger partial charge is 0.307 e. The van der Waals surface area contributed by atoms with Crippen LogP contribution in [0.25, 0.3) is 0 Å². The van der Waals surface area contributed by atoms with E-state index in [1.165, 1.54) is 36.5 Å². The van der Waals surface area contributed by atoms with Gasteiger partial charge >= 0.3 is 0 Å². The molecule has 1 nitrogen and oxygen atoms in total. The molecule has 0 spiro atoms. The molecule has 3 rings (SSSR count). The minimum Gasteiger partial charge on any atom is -0.307 e. The second-order valence-corrected chi connectivity index (χ2v) is 6.05. The molecule has 0 saturated carbocycles. The predicted molar refractivity (Wildman–Crippen MR) is 84.8 cm³/mol. The van der Waals surface area contributed by atoms with E-state index in [2.05, 4.69) is 36.5 Å². The molecule has 1 N–H and O–H groups in total. The minimum atomic E-state index is -0.150. The lowest BCUT2D eigenvalue weighted by Crippen LogP contribution is -2.34. The van der Waals surface area contributed by atoms with Crippen molar-refractivity contribution in [2.24, 2.45) is 0 Å². The Morgan fingerprint density at radius 2 is 2.05 bits per heavy atom. The van der Waals surface area contributed by atoms with Crippen LogP contribution >= 0.6 is 0 Å². The molecule has 0 aromatic heterocycles. The van der Waals surface area contributed by atoms with Crippen LogP contribution in [0, 0.1) is 5.82 Å². The van der Waals surface area contributed by atoms with E-state index < -0.39 is 0 Å². The first-order valence-corrected chi connectivity index (χ1v) is 7.80. The lowest BCUT2D eigenvalue weighted by atomic mass is 9.87. The molecular weight excluding hydrogens is 261 g/mol. The number of fused-ring (bicyclic) bond motifs is 1. The zero-order valence-electron chi connectivity index (χ0n) is 12.5. The van der Waals surface area contributed by atoms with Gasteiger partial charge < -0.3 is 5.32 Å². The fourth-order valence-corrected chi connectivity index (χ4v) is 3.35. The van der Waals surface area contributed by atoms with E-state index >= 15 is 0 Å². The zero-order chi connectivity index (χ0) is 14.7. The van der Waals surface area contributed by atoms with Crippen molar-refractivity contribution in [3.63, 3.8) is 0 Å². The number of hydrogen-bond acceptors (Lipinski definition) is 1. The third-order valence-corrected chi connectivity index (χ3v) is 4.29. The van der Waals surface area contributed by atoms with Crippen molar-refractivity contribution >= 4 is 0 Å². The molecule has 0 amide bonds. The molecule has 0 heterocycles. The predicted octanol–water partition coefficient (Wildman–Crippen LogP) is 4.42. The Labute approximate surface area is 126 Å². The third kappa shape index (κ3) is 3.51. The van der Waals surface area contributed by atoms with Gasteiger partial charge in [0, 0.05) is 12.1 Å². The van der Waals surface area contributed by atoms with Crippen LogP contribution in [0.2, 0.25) is 0 Å². The summed E-state index contributed by atoms with van der Waals surface area (Å²) < 4.78 is 13.3. The van der Waals surface area contributed by atoms with E-state index in [1.54, 1.807) is 12.1 Å². The smallest absolute Gasteiger partial charge is 0.123 e. The zero-order valence-corrected chi connectivity index (χ0v) is 12.5. The Kier molecular flexibility index (Phi) is 4.35. The highest BCUT2D eigenvalue weighted by Gasteiger charge is 2.20. The molecule has 1 aliphatic rings. The maximum Gasteiger partial charge on any atom is 0.123 e. The molecule has 0 fully saturated rings. The summed E-state index contributed by atoms with van der Waals surface area (Å²) in [4.78, 5) is 0. The summed E-state index contributed by atoms with van der Waals surface area (Å²) in [7, 11) is 0. The van der Waals surface area contributed by atoms with E-state index in [0.717, 1.165) is 12.0 Å². The van der Waals surface area contributed by atoms with Gasteiger partial charge in [-0.25, -0.2) is 4.39 Å². The van der Waals surface area contributed by atoms with Gasteiger partial charge in [0.05, 0.1) is 0 Å². The van der Waals surface area contributed by atoms with Crippen LogP contribution in [0.4, 0.5) is 4.39 Å². The van der Waals surface area contributed by atoms with E-state index in [1.807, 2.05) is 6.07 Å². The maximum atomic E-state index is 13.3. The van der Waals surface area contributed by atoms with Gasteiger partial charge in [-0.2, -0.15) is 0 Å². The summed E-state index contributed by atoms with van der Waals surface area (Å²) in [6, 6.07) is 16.4. The van der Waals surface area contributed by atoms with Gasteiger partial charge in [-0.05, 0) is 61.4 Å².